The monoisotopic (exact) mass is 596 g/mol. The molecule has 7 heteroatoms. The van der Waals surface area contributed by atoms with E-state index in [-0.39, 0.29) is 24.9 Å². The van der Waals surface area contributed by atoms with Gasteiger partial charge in [-0.25, -0.2) is 0 Å². The lowest BCUT2D eigenvalue weighted by molar-refractivity contribution is -0.131. The van der Waals surface area contributed by atoms with Gasteiger partial charge in [0.15, 0.2) is 5.75 Å². The Labute approximate surface area is 262 Å². The van der Waals surface area contributed by atoms with Crippen molar-refractivity contribution in [2.24, 2.45) is 0 Å². The van der Waals surface area contributed by atoms with Crippen LogP contribution in [-0.2, 0) is 16.1 Å². The zero-order valence-corrected chi connectivity index (χ0v) is 26.5. The smallest absolute Gasteiger partial charge is 0.242 e. The summed E-state index contributed by atoms with van der Waals surface area (Å²) < 4.78 is 9.15. The molecule has 3 aromatic rings. The van der Waals surface area contributed by atoms with E-state index in [9.17, 15) is 9.59 Å². The molecule has 4 heterocycles. The summed E-state index contributed by atoms with van der Waals surface area (Å²) in [5.74, 6) is 1.56. The highest BCUT2D eigenvalue weighted by Gasteiger charge is 2.32. The van der Waals surface area contributed by atoms with Crippen LogP contribution in [-0.4, -0.2) is 72.1 Å². The second kappa shape index (κ2) is 12.9. The molecule has 0 atom stereocenters. The largest absolute Gasteiger partial charge is 0.489 e. The van der Waals surface area contributed by atoms with E-state index in [1.54, 1.807) is 0 Å². The molecule has 1 aromatic heterocycles. The summed E-state index contributed by atoms with van der Waals surface area (Å²) in [6.07, 6.45) is 12.9. The molecular formula is C37H48N4O3. The van der Waals surface area contributed by atoms with Gasteiger partial charge < -0.3 is 24.0 Å². The molecule has 0 unspecified atom stereocenters. The summed E-state index contributed by atoms with van der Waals surface area (Å²) >= 11 is 0. The van der Waals surface area contributed by atoms with E-state index in [1.165, 1.54) is 72.7 Å². The maximum atomic E-state index is 13.7. The van der Waals surface area contributed by atoms with Crippen LogP contribution in [0.3, 0.4) is 0 Å². The van der Waals surface area contributed by atoms with Crippen LogP contribution in [0.2, 0.25) is 0 Å². The fraction of sp³-hybridized carbons (Fsp3) is 0.568. The molecule has 2 amide bonds. The van der Waals surface area contributed by atoms with E-state index < -0.39 is 0 Å². The highest BCUT2D eigenvalue weighted by atomic mass is 16.5. The van der Waals surface area contributed by atoms with Gasteiger partial charge in [0.25, 0.3) is 0 Å². The second-order valence-electron chi connectivity index (χ2n) is 13.5. The van der Waals surface area contributed by atoms with E-state index in [4.69, 9.17) is 4.74 Å². The van der Waals surface area contributed by atoms with Gasteiger partial charge >= 0.3 is 0 Å². The third-order valence-electron chi connectivity index (χ3n) is 10.5. The van der Waals surface area contributed by atoms with Gasteiger partial charge in [-0.1, -0.05) is 37.5 Å². The molecule has 1 saturated carbocycles. The standard InChI is InChI=1S/C37H48N4O3/c1-27-16-17-29-32(24-27)41-22-23-44-37-30(36(41)35(29)28-12-5-2-6-13-28)14-11-15-31(37)40(25-33(42)38-18-7-3-8-19-38)26-34(43)39-20-9-4-10-21-39/h11,14-17,24,28H,2-10,12-13,18-23,25-26H2,1H3. The van der Waals surface area contributed by atoms with Gasteiger partial charge in [-0.2, -0.15) is 0 Å². The average molecular weight is 597 g/mol. The van der Waals surface area contributed by atoms with E-state index in [2.05, 4.69) is 47.9 Å². The van der Waals surface area contributed by atoms with Gasteiger partial charge in [-0.05, 0) is 93.5 Å². The molecule has 2 saturated heterocycles. The van der Waals surface area contributed by atoms with Crippen LogP contribution in [0, 0.1) is 6.92 Å². The fourth-order valence-corrected chi connectivity index (χ4v) is 8.20. The Morgan fingerprint density at radius 1 is 0.795 bits per heavy atom. The molecule has 2 aromatic carbocycles. The van der Waals surface area contributed by atoms with E-state index in [0.29, 0.717) is 12.5 Å². The first-order chi connectivity index (χ1) is 21.6. The summed E-state index contributed by atoms with van der Waals surface area (Å²) in [6.45, 7) is 7.10. The van der Waals surface area contributed by atoms with Gasteiger partial charge in [0.2, 0.25) is 11.8 Å². The molecule has 0 bridgehead atoms. The van der Waals surface area contributed by atoms with Crippen molar-refractivity contribution in [3.05, 3.63) is 47.5 Å². The zero-order valence-electron chi connectivity index (χ0n) is 26.5. The molecule has 1 aliphatic carbocycles. The molecule has 4 aliphatic rings. The SMILES string of the molecule is Cc1ccc2c(C3CCCCC3)c3n(c2c1)CCOc1c-3cccc1N(CC(=O)N1CCCCC1)CC(=O)N1CCCCC1. The number of hydrogen-bond donors (Lipinski definition) is 0. The molecule has 7 nitrogen and oxygen atoms in total. The van der Waals surface area contributed by atoms with E-state index in [0.717, 1.165) is 75.4 Å². The molecule has 7 rings (SSSR count). The maximum absolute atomic E-state index is 13.7. The summed E-state index contributed by atoms with van der Waals surface area (Å²) in [7, 11) is 0. The van der Waals surface area contributed by atoms with Crippen LogP contribution in [0.15, 0.2) is 36.4 Å². The number of nitrogens with zero attached hydrogens (tertiary/aromatic N) is 4. The van der Waals surface area contributed by atoms with Crippen LogP contribution >= 0.6 is 0 Å². The van der Waals surface area contributed by atoms with Gasteiger partial charge in [0.05, 0.1) is 31.0 Å². The fourth-order valence-electron chi connectivity index (χ4n) is 8.20. The number of amides is 2. The highest BCUT2D eigenvalue weighted by molar-refractivity contribution is 5.96. The number of hydrogen-bond acceptors (Lipinski definition) is 4. The van der Waals surface area contributed by atoms with Crippen molar-refractivity contribution in [1.82, 2.24) is 14.4 Å². The van der Waals surface area contributed by atoms with Crippen molar-refractivity contribution in [1.29, 1.82) is 0 Å². The lowest BCUT2D eigenvalue weighted by Crippen LogP contribution is -2.47. The van der Waals surface area contributed by atoms with Crippen molar-refractivity contribution in [2.75, 3.05) is 50.8 Å². The number of para-hydroxylation sites is 1. The predicted molar refractivity (Wildman–Crippen MR) is 177 cm³/mol. The zero-order chi connectivity index (χ0) is 30.0. The third kappa shape index (κ3) is 5.70. The third-order valence-corrected chi connectivity index (χ3v) is 10.5. The number of likely N-dealkylation sites (tertiary alicyclic amines) is 2. The van der Waals surface area contributed by atoms with E-state index in [1.807, 2.05) is 14.7 Å². The van der Waals surface area contributed by atoms with Gasteiger partial charge in [0.1, 0.15) is 6.61 Å². The van der Waals surface area contributed by atoms with Crippen LogP contribution in [0.5, 0.6) is 5.75 Å². The molecule has 0 spiro atoms. The Balaban J connectivity index is 1.32. The first kappa shape index (κ1) is 29.2. The summed E-state index contributed by atoms with van der Waals surface area (Å²) in [5.41, 5.74) is 7.25. The lowest BCUT2D eigenvalue weighted by atomic mass is 9.81. The van der Waals surface area contributed by atoms with Crippen molar-refractivity contribution >= 4 is 28.4 Å². The molecule has 0 N–H and O–H groups in total. The second-order valence-corrected chi connectivity index (χ2v) is 13.5. The number of aromatic nitrogens is 1. The average Bonchev–Trinajstić information content (AvgIpc) is 3.25. The Kier molecular flexibility index (Phi) is 8.55. The first-order valence-electron chi connectivity index (χ1n) is 17.3. The Hall–Kier alpha value is -3.48. The molecule has 3 fully saturated rings. The van der Waals surface area contributed by atoms with Gasteiger partial charge in [-0.3, -0.25) is 9.59 Å². The molecular weight excluding hydrogens is 548 g/mol. The molecule has 0 radical (unpaired) electrons. The van der Waals surface area contributed by atoms with Crippen molar-refractivity contribution in [3.63, 3.8) is 0 Å². The Morgan fingerprint density at radius 2 is 1.43 bits per heavy atom. The van der Waals surface area contributed by atoms with Crippen molar-refractivity contribution < 1.29 is 14.3 Å². The number of fused-ring (bicyclic) bond motifs is 5. The minimum absolute atomic E-state index is 0.106. The Bertz CT molecular complexity index is 1480. The highest BCUT2D eigenvalue weighted by Crippen LogP contribution is 2.49. The minimum atomic E-state index is 0.106. The van der Waals surface area contributed by atoms with E-state index >= 15 is 0 Å². The lowest BCUT2D eigenvalue weighted by Gasteiger charge is -2.34. The number of carbonyl (C=O) groups is 2. The number of benzene rings is 2. The van der Waals surface area contributed by atoms with Gasteiger partial charge in [-0.15, -0.1) is 0 Å². The molecule has 234 valence electrons. The molecule has 3 aliphatic heterocycles. The number of ether oxygens (including phenoxy) is 1. The van der Waals surface area contributed by atoms with Gasteiger partial charge in [0, 0.05) is 42.6 Å². The number of anilines is 1. The van der Waals surface area contributed by atoms with Crippen LogP contribution in [0.1, 0.15) is 87.7 Å². The van der Waals surface area contributed by atoms with Crippen molar-refractivity contribution in [3.8, 4) is 17.0 Å². The number of rotatable bonds is 6. The van der Waals surface area contributed by atoms with Crippen molar-refractivity contribution in [2.45, 2.75) is 90.0 Å². The first-order valence-corrected chi connectivity index (χ1v) is 17.3. The minimum Gasteiger partial charge on any atom is -0.489 e. The van der Waals surface area contributed by atoms with Crippen LogP contribution in [0.4, 0.5) is 5.69 Å². The Morgan fingerprint density at radius 3 is 2.09 bits per heavy atom. The predicted octanol–water partition coefficient (Wildman–Crippen LogP) is 6.89. The maximum Gasteiger partial charge on any atom is 0.242 e. The normalized spacial score (nSPS) is 19.2. The summed E-state index contributed by atoms with van der Waals surface area (Å²) in [5, 5.41) is 1.37. The topological polar surface area (TPSA) is 58.0 Å². The van der Waals surface area contributed by atoms with Crippen LogP contribution in [0.25, 0.3) is 22.2 Å². The summed E-state index contributed by atoms with van der Waals surface area (Å²) in [4.78, 5) is 33.4. The quantitative estimate of drug-likeness (QED) is 0.311. The number of carbonyl (C=O) groups excluding carboxylic acids is 2. The summed E-state index contributed by atoms with van der Waals surface area (Å²) in [6, 6.07) is 13.3. The molecule has 44 heavy (non-hydrogen) atoms. The number of piperidine rings is 2. The van der Waals surface area contributed by atoms with Crippen LogP contribution < -0.4 is 9.64 Å². The number of aryl methyl sites for hydroxylation is 1.